The van der Waals surface area contributed by atoms with E-state index in [1.807, 2.05) is 13.0 Å². The number of phenolic OH excluding ortho intramolecular Hbond substituents is 1. The number of hydrogen-bond donors (Lipinski definition) is 2. The van der Waals surface area contributed by atoms with E-state index in [1.165, 1.54) is 0 Å². The molecule has 1 aromatic rings. The van der Waals surface area contributed by atoms with Crippen molar-refractivity contribution < 1.29 is 14.9 Å². The molecule has 2 N–H and O–H groups in total. The van der Waals surface area contributed by atoms with Gasteiger partial charge in [0.1, 0.15) is 17.1 Å². The Bertz CT molecular complexity index is 702. The Hall–Kier alpha value is -1.48. The highest BCUT2D eigenvalue weighted by Gasteiger charge is 2.40. The van der Waals surface area contributed by atoms with Gasteiger partial charge in [-0.1, -0.05) is 53.2 Å². The number of phenols is 1. The van der Waals surface area contributed by atoms with E-state index in [2.05, 4.69) is 54.5 Å². The maximum atomic E-state index is 11.1. The third-order valence-electron chi connectivity index (χ3n) is 5.25. The van der Waals surface area contributed by atoms with Gasteiger partial charge < -0.3 is 14.9 Å². The first-order chi connectivity index (χ1) is 11.8. The third kappa shape index (κ3) is 4.25. The standard InChI is InChI=1S/C23H36O3/c1-15(14-24)10-9-11-23(8)13-16-18(26-23)12-17(21(2,3)4)20(25)19(16)22(5,6)7/h10,12,24-25H,9,11,13-14H2,1-8H3. The number of fused-ring (bicyclic) bond motifs is 1. The van der Waals surface area contributed by atoms with Gasteiger partial charge >= 0.3 is 0 Å². The maximum absolute atomic E-state index is 11.1. The summed E-state index contributed by atoms with van der Waals surface area (Å²) in [7, 11) is 0. The zero-order valence-corrected chi connectivity index (χ0v) is 17.8. The van der Waals surface area contributed by atoms with Gasteiger partial charge in [0.2, 0.25) is 0 Å². The summed E-state index contributed by atoms with van der Waals surface area (Å²) in [6.07, 6.45) is 4.65. The van der Waals surface area contributed by atoms with Crippen molar-refractivity contribution in [3.05, 3.63) is 34.4 Å². The molecule has 2 rings (SSSR count). The molecule has 1 heterocycles. The van der Waals surface area contributed by atoms with Gasteiger partial charge in [0.25, 0.3) is 0 Å². The first-order valence-corrected chi connectivity index (χ1v) is 9.64. The lowest BCUT2D eigenvalue weighted by molar-refractivity contribution is 0.106. The molecule has 0 saturated carbocycles. The third-order valence-corrected chi connectivity index (χ3v) is 5.25. The van der Waals surface area contributed by atoms with Crippen molar-refractivity contribution in [1.82, 2.24) is 0 Å². The summed E-state index contributed by atoms with van der Waals surface area (Å²) in [5.74, 6) is 1.34. The van der Waals surface area contributed by atoms with Crippen LogP contribution in [0.5, 0.6) is 11.5 Å². The number of aliphatic hydroxyl groups excluding tert-OH is 1. The van der Waals surface area contributed by atoms with E-state index in [9.17, 15) is 5.11 Å². The van der Waals surface area contributed by atoms with Crippen LogP contribution in [0.25, 0.3) is 0 Å². The number of benzene rings is 1. The van der Waals surface area contributed by atoms with Gasteiger partial charge in [-0.3, -0.25) is 0 Å². The summed E-state index contributed by atoms with van der Waals surface area (Å²) in [6, 6.07) is 2.04. The molecule has 3 nitrogen and oxygen atoms in total. The molecule has 0 aliphatic carbocycles. The number of aromatic hydroxyl groups is 1. The molecule has 0 amide bonds. The van der Waals surface area contributed by atoms with Crippen LogP contribution in [-0.2, 0) is 17.3 Å². The van der Waals surface area contributed by atoms with Gasteiger partial charge in [-0.15, -0.1) is 0 Å². The number of rotatable bonds is 4. The van der Waals surface area contributed by atoms with Crippen LogP contribution in [0.1, 0.15) is 84.9 Å². The molecule has 1 unspecified atom stereocenters. The molecule has 0 spiro atoms. The molecule has 0 radical (unpaired) electrons. The minimum absolute atomic E-state index is 0.106. The highest BCUT2D eigenvalue weighted by molar-refractivity contribution is 5.59. The topological polar surface area (TPSA) is 49.7 Å². The molecular weight excluding hydrogens is 324 g/mol. The molecule has 1 aliphatic rings. The smallest absolute Gasteiger partial charge is 0.124 e. The number of hydrogen-bond acceptors (Lipinski definition) is 3. The maximum Gasteiger partial charge on any atom is 0.124 e. The summed E-state index contributed by atoms with van der Waals surface area (Å²) < 4.78 is 6.43. The molecule has 1 aliphatic heterocycles. The van der Waals surface area contributed by atoms with Crippen LogP contribution < -0.4 is 4.74 Å². The van der Waals surface area contributed by atoms with Crippen molar-refractivity contribution in [1.29, 1.82) is 0 Å². The zero-order chi connectivity index (χ0) is 19.9. The van der Waals surface area contributed by atoms with Gasteiger partial charge in [-0.25, -0.2) is 0 Å². The average molecular weight is 361 g/mol. The predicted octanol–water partition coefficient (Wildman–Crippen LogP) is 5.40. The Kier molecular flexibility index (Phi) is 5.54. The first-order valence-electron chi connectivity index (χ1n) is 9.64. The van der Waals surface area contributed by atoms with Crippen LogP contribution in [0.4, 0.5) is 0 Å². The van der Waals surface area contributed by atoms with Crippen molar-refractivity contribution in [3.8, 4) is 11.5 Å². The SMILES string of the molecule is CC(=CCCC1(C)Cc2c(cc(C(C)(C)C)c(O)c2C(C)(C)C)O1)CO. The molecule has 0 bridgehead atoms. The molecule has 0 fully saturated rings. The van der Waals surface area contributed by atoms with E-state index in [4.69, 9.17) is 9.84 Å². The Balaban J connectivity index is 2.45. The Morgan fingerprint density at radius 1 is 1.19 bits per heavy atom. The van der Waals surface area contributed by atoms with Crippen molar-refractivity contribution in [3.63, 3.8) is 0 Å². The van der Waals surface area contributed by atoms with Crippen LogP contribution in [0, 0.1) is 0 Å². The second-order valence-corrected chi connectivity index (χ2v) is 10.1. The fourth-order valence-corrected chi connectivity index (χ4v) is 3.84. The molecule has 1 atom stereocenters. The van der Waals surface area contributed by atoms with Crippen LogP contribution in [-0.4, -0.2) is 22.4 Å². The van der Waals surface area contributed by atoms with E-state index >= 15 is 0 Å². The fourth-order valence-electron chi connectivity index (χ4n) is 3.84. The molecule has 0 saturated heterocycles. The van der Waals surface area contributed by atoms with Crippen molar-refractivity contribution in [2.24, 2.45) is 0 Å². The Morgan fingerprint density at radius 3 is 2.31 bits per heavy atom. The quantitative estimate of drug-likeness (QED) is 0.707. The zero-order valence-electron chi connectivity index (χ0n) is 17.8. The summed E-state index contributed by atoms with van der Waals surface area (Å²) in [4.78, 5) is 0. The lowest BCUT2D eigenvalue weighted by atomic mass is 9.76. The van der Waals surface area contributed by atoms with Crippen molar-refractivity contribution >= 4 is 0 Å². The van der Waals surface area contributed by atoms with Gasteiger partial charge in [0, 0.05) is 23.1 Å². The minimum atomic E-state index is -0.280. The van der Waals surface area contributed by atoms with E-state index in [1.54, 1.807) is 0 Å². The van der Waals surface area contributed by atoms with E-state index in [0.29, 0.717) is 5.75 Å². The molecule has 1 aromatic carbocycles. The van der Waals surface area contributed by atoms with Gasteiger partial charge in [0.05, 0.1) is 6.61 Å². The van der Waals surface area contributed by atoms with E-state index in [-0.39, 0.29) is 23.0 Å². The fraction of sp³-hybridized carbons (Fsp3) is 0.652. The first kappa shape index (κ1) is 20.8. The van der Waals surface area contributed by atoms with E-state index < -0.39 is 0 Å². The molecular formula is C23H36O3. The van der Waals surface area contributed by atoms with Crippen LogP contribution in [0.2, 0.25) is 0 Å². The molecule has 3 heteroatoms. The summed E-state index contributed by atoms with van der Waals surface area (Å²) in [6.45, 7) is 17.0. The largest absolute Gasteiger partial charge is 0.507 e. The average Bonchev–Trinajstić information content (AvgIpc) is 2.79. The van der Waals surface area contributed by atoms with Crippen molar-refractivity contribution in [2.75, 3.05) is 6.61 Å². The highest BCUT2D eigenvalue weighted by atomic mass is 16.5. The van der Waals surface area contributed by atoms with Gasteiger partial charge in [-0.2, -0.15) is 0 Å². The summed E-state index contributed by atoms with van der Waals surface area (Å²) in [5, 5.41) is 20.3. The van der Waals surface area contributed by atoms with Gasteiger partial charge in [0.15, 0.2) is 0 Å². The summed E-state index contributed by atoms with van der Waals surface area (Å²) >= 11 is 0. The monoisotopic (exact) mass is 360 g/mol. The van der Waals surface area contributed by atoms with Crippen LogP contribution in [0.3, 0.4) is 0 Å². The van der Waals surface area contributed by atoms with Crippen molar-refractivity contribution in [2.45, 2.75) is 91.1 Å². The minimum Gasteiger partial charge on any atom is -0.507 e. The predicted molar refractivity (Wildman–Crippen MR) is 108 cm³/mol. The summed E-state index contributed by atoms with van der Waals surface area (Å²) in [5.41, 5.74) is 3.52. The molecule has 0 aromatic heterocycles. The Labute approximate surface area is 159 Å². The van der Waals surface area contributed by atoms with E-state index in [0.717, 1.165) is 47.3 Å². The molecule has 26 heavy (non-hydrogen) atoms. The van der Waals surface area contributed by atoms with Crippen LogP contribution >= 0.6 is 0 Å². The molecule has 146 valence electrons. The second-order valence-electron chi connectivity index (χ2n) is 10.1. The van der Waals surface area contributed by atoms with Gasteiger partial charge in [-0.05, 0) is 43.6 Å². The van der Waals surface area contributed by atoms with Crippen LogP contribution in [0.15, 0.2) is 17.7 Å². The lowest BCUT2D eigenvalue weighted by Crippen LogP contribution is -2.30. The normalized spacial score (nSPS) is 20.9. The second kappa shape index (κ2) is 6.92. The number of ether oxygens (including phenoxy) is 1. The number of aliphatic hydroxyl groups is 1. The lowest BCUT2D eigenvalue weighted by Gasteiger charge is -2.29. The Morgan fingerprint density at radius 2 is 1.81 bits per heavy atom. The highest BCUT2D eigenvalue weighted by Crippen LogP contribution is 2.50. The number of allylic oxidation sites excluding steroid dienone is 1.